The highest BCUT2D eigenvalue weighted by Crippen LogP contribution is 2.28. The van der Waals surface area contributed by atoms with Crippen molar-refractivity contribution in [2.75, 3.05) is 18.0 Å². The minimum atomic E-state index is 0.0693. The summed E-state index contributed by atoms with van der Waals surface area (Å²) in [5.41, 5.74) is 8.28. The van der Waals surface area contributed by atoms with Crippen molar-refractivity contribution in [2.45, 2.75) is 58.9 Å². The Kier molecular flexibility index (Phi) is 4.69. The van der Waals surface area contributed by atoms with Gasteiger partial charge in [-0.1, -0.05) is 34.1 Å². The highest BCUT2D eigenvalue weighted by atomic mass is 15.2. The predicted octanol–water partition coefficient (Wildman–Crippen LogP) is 3.46. The van der Waals surface area contributed by atoms with E-state index in [0.29, 0.717) is 6.54 Å². The van der Waals surface area contributed by atoms with Gasteiger partial charge >= 0.3 is 0 Å². The van der Waals surface area contributed by atoms with E-state index < -0.39 is 0 Å². The molecule has 1 aliphatic rings. The summed E-state index contributed by atoms with van der Waals surface area (Å²) in [5.74, 6) is 1.93. The molecule has 2 rings (SSSR count). The smallest absolute Gasteiger partial charge is 0.129 e. The maximum atomic E-state index is 5.87. The fraction of sp³-hybridized carbons (Fsp3) is 0.706. The van der Waals surface area contributed by atoms with E-state index in [9.17, 15) is 0 Å². The SMILES string of the molecule is CCC1CCCN(c2cc(CN)cc(C(C)(C)C)n2)C1. The van der Waals surface area contributed by atoms with Crippen molar-refractivity contribution in [2.24, 2.45) is 11.7 Å². The van der Waals surface area contributed by atoms with Crippen molar-refractivity contribution in [1.82, 2.24) is 4.98 Å². The number of hydrogen-bond donors (Lipinski definition) is 1. The van der Waals surface area contributed by atoms with E-state index in [0.717, 1.165) is 30.5 Å². The van der Waals surface area contributed by atoms with E-state index in [1.165, 1.54) is 24.8 Å². The second-order valence-electron chi connectivity index (χ2n) is 7.04. The number of anilines is 1. The molecule has 0 amide bonds. The van der Waals surface area contributed by atoms with Crippen LogP contribution in [-0.2, 0) is 12.0 Å². The Labute approximate surface area is 123 Å². The number of piperidine rings is 1. The molecule has 1 aromatic heterocycles. The topological polar surface area (TPSA) is 42.1 Å². The predicted molar refractivity (Wildman–Crippen MR) is 86.1 cm³/mol. The minimum Gasteiger partial charge on any atom is -0.356 e. The van der Waals surface area contributed by atoms with Crippen molar-refractivity contribution in [3.63, 3.8) is 0 Å². The molecular formula is C17H29N3. The van der Waals surface area contributed by atoms with Gasteiger partial charge in [0, 0.05) is 30.7 Å². The van der Waals surface area contributed by atoms with Crippen LogP contribution in [0.3, 0.4) is 0 Å². The molecule has 0 spiro atoms. The first-order valence-corrected chi connectivity index (χ1v) is 7.90. The largest absolute Gasteiger partial charge is 0.356 e. The van der Waals surface area contributed by atoms with Crippen LogP contribution in [0.5, 0.6) is 0 Å². The van der Waals surface area contributed by atoms with Crippen LogP contribution < -0.4 is 10.6 Å². The van der Waals surface area contributed by atoms with Crippen molar-refractivity contribution < 1.29 is 0 Å². The summed E-state index contributed by atoms with van der Waals surface area (Å²) in [5, 5.41) is 0. The molecule has 3 heteroatoms. The van der Waals surface area contributed by atoms with Crippen molar-refractivity contribution in [3.05, 3.63) is 23.4 Å². The molecule has 112 valence electrons. The fourth-order valence-electron chi connectivity index (χ4n) is 2.84. The highest BCUT2D eigenvalue weighted by molar-refractivity contribution is 5.44. The monoisotopic (exact) mass is 275 g/mol. The Morgan fingerprint density at radius 2 is 2.10 bits per heavy atom. The Bertz CT molecular complexity index is 448. The van der Waals surface area contributed by atoms with Gasteiger partial charge in [-0.05, 0) is 36.5 Å². The fourth-order valence-corrected chi connectivity index (χ4v) is 2.84. The van der Waals surface area contributed by atoms with E-state index in [1.54, 1.807) is 0 Å². The lowest BCUT2D eigenvalue weighted by Crippen LogP contribution is -2.36. The molecule has 0 saturated carbocycles. The Morgan fingerprint density at radius 3 is 2.70 bits per heavy atom. The zero-order valence-corrected chi connectivity index (χ0v) is 13.4. The van der Waals surface area contributed by atoms with Gasteiger partial charge in [0.2, 0.25) is 0 Å². The van der Waals surface area contributed by atoms with Gasteiger partial charge in [0.15, 0.2) is 0 Å². The van der Waals surface area contributed by atoms with E-state index in [2.05, 4.69) is 44.7 Å². The van der Waals surface area contributed by atoms with Crippen LogP contribution in [0.25, 0.3) is 0 Å². The van der Waals surface area contributed by atoms with E-state index >= 15 is 0 Å². The first kappa shape index (κ1) is 15.3. The van der Waals surface area contributed by atoms with E-state index in [4.69, 9.17) is 10.7 Å². The zero-order valence-electron chi connectivity index (χ0n) is 13.4. The molecule has 1 fully saturated rings. The molecule has 1 aliphatic heterocycles. The summed E-state index contributed by atoms with van der Waals surface area (Å²) in [6, 6.07) is 4.33. The molecule has 0 aliphatic carbocycles. The van der Waals surface area contributed by atoms with Crippen LogP contribution in [-0.4, -0.2) is 18.1 Å². The van der Waals surface area contributed by atoms with Gasteiger partial charge in [-0.15, -0.1) is 0 Å². The Morgan fingerprint density at radius 1 is 1.35 bits per heavy atom. The number of aromatic nitrogens is 1. The third kappa shape index (κ3) is 3.51. The molecule has 1 aromatic rings. The summed E-state index contributed by atoms with van der Waals surface area (Å²) < 4.78 is 0. The van der Waals surface area contributed by atoms with Gasteiger partial charge in [-0.3, -0.25) is 0 Å². The first-order chi connectivity index (χ1) is 9.44. The molecule has 3 nitrogen and oxygen atoms in total. The molecular weight excluding hydrogens is 246 g/mol. The van der Waals surface area contributed by atoms with Crippen LogP contribution in [0.1, 0.15) is 58.2 Å². The number of nitrogens with zero attached hydrogens (tertiary/aromatic N) is 2. The number of pyridine rings is 1. The van der Waals surface area contributed by atoms with Gasteiger partial charge in [-0.25, -0.2) is 4.98 Å². The van der Waals surface area contributed by atoms with Crippen LogP contribution in [0, 0.1) is 5.92 Å². The summed E-state index contributed by atoms with van der Waals surface area (Å²) in [7, 11) is 0. The second-order valence-corrected chi connectivity index (χ2v) is 7.04. The van der Waals surface area contributed by atoms with Gasteiger partial charge in [0.25, 0.3) is 0 Å². The standard InChI is InChI=1S/C17H29N3/c1-5-13-7-6-8-20(12-13)16-10-14(11-18)9-15(19-16)17(2,3)4/h9-10,13H,5-8,11-12,18H2,1-4H3. The zero-order chi connectivity index (χ0) is 14.8. The average molecular weight is 275 g/mol. The van der Waals surface area contributed by atoms with Crippen LogP contribution in [0.2, 0.25) is 0 Å². The van der Waals surface area contributed by atoms with E-state index in [-0.39, 0.29) is 5.41 Å². The molecule has 1 saturated heterocycles. The second kappa shape index (κ2) is 6.13. The lowest BCUT2D eigenvalue weighted by Gasteiger charge is -2.34. The minimum absolute atomic E-state index is 0.0693. The Hall–Kier alpha value is -1.09. The molecule has 1 unspecified atom stereocenters. The maximum absolute atomic E-state index is 5.87. The summed E-state index contributed by atoms with van der Waals surface area (Å²) >= 11 is 0. The van der Waals surface area contributed by atoms with Gasteiger partial charge in [0.1, 0.15) is 5.82 Å². The lowest BCUT2D eigenvalue weighted by molar-refractivity contribution is 0.402. The van der Waals surface area contributed by atoms with Crippen molar-refractivity contribution in [1.29, 1.82) is 0 Å². The quantitative estimate of drug-likeness (QED) is 0.918. The molecule has 0 bridgehead atoms. The third-order valence-electron chi connectivity index (χ3n) is 4.30. The van der Waals surface area contributed by atoms with Crippen LogP contribution in [0.15, 0.2) is 12.1 Å². The maximum Gasteiger partial charge on any atom is 0.129 e. The number of rotatable bonds is 3. The third-order valence-corrected chi connectivity index (χ3v) is 4.30. The van der Waals surface area contributed by atoms with Crippen molar-refractivity contribution in [3.8, 4) is 0 Å². The molecule has 2 N–H and O–H groups in total. The highest BCUT2D eigenvalue weighted by Gasteiger charge is 2.22. The molecule has 0 aromatic carbocycles. The van der Waals surface area contributed by atoms with Gasteiger partial charge < -0.3 is 10.6 Å². The number of nitrogens with two attached hydrogens (primary N) is 1. The average Bonchev–Trinajstić information content (AvgIpc) is 2.46. The van der Waals surface area contributed by atoms with Crippen molar-refractivity contribution >= 4 is 5.82 Å². The molecule has 2 heterocycles. The molecule has 0 radical (unpaired) electrons. The number of hydrogen-bond acceptors (Lipinski definition) is 3. The van der Waals surface area contributed by atoms with Gasteiger partial charge in [0.05, 0.1) is 0 Å². The Balaban J connectivity index is 2.30. The lowest BCUT2D eigenvalue weighted by atomic mass is 9.90. The van der Waals surface area contributed by atoms with Crippen LogP contribution >= 0.6 is 0 Å². The normalized spacial score (nSPS) is 20.2. The van der Waals surface area contributed by atoms with Gasteiger partial charge in [-0.2, -0.15) is 0 Å². The molecule has 20 heavy (non-hydrogen) atoms. The summed E-state index contributed by atoms with van der Waals surface area (Å²) in [6.07, 6.45) is 3.90. The first-order valence-electron chi connectivity index (χ1n) is 7.90. The van der Waals surface area contributed by atoms with Crippen LogP contribution in [0.4, 0.5) is 5.82 Å². The molecule has 1 atom stereocenters. The summed E-state index contributed by atoms with van der Waals surface area (Å²) in [4.78, 5) is 7.37. The van der Waals surface area contributed by atoms with E-state index in [1.807, 2.05) is 0 Å². The summed E-state index contributed by atoms with van der Waals surface area (Å²) in [6.45, 7) is 11.8.